The van der Waals surface area contributed by atoms with Crippen molar-refractivity contribution in [3.05, 3.63) is 71.7 Å². The minimum atomic E-state index is -0.350. The van der Waals surface area contributed by atoms with E-state index in [1.807, 2.05) is 54.6 Å². The molecule has 38 heavy (non-hydrogen) atoms. The smallest absolute Gasteiger partial charge is 0.331 e. The normalized spacial score (nSPS) is 17.8. The highest BCUT2D eigenvalue weighted by Gasteiger charge is 2.34. The number of ether oxygens (including phenoxy) is 2. The van der Waals surface area contributed by atoms with Gasteiger partial charge in [-0.05, 0) is 42.5 Å². The van der Waals surface area contributed by atoms with Gasteiger partial charge >= 0.3 is 6.03 Å². The van der Waals surface area contributed by atoms with E-state index in [2.05, 4.69) is 20.9 Å². The molecule has 1 fully saturated rings. The van der Waals surface area contributed by atoms with Crippen molar-refractivity contribution in [2.45, 2.75) is 12.1 Å². The first-order chi connectivity index (χ1) is 17.6. The van der Waals surface area contributed by atoms with Crippen molar-refractivity contribution in [2.24, 2.45) is 0 Å². The van der Waals surface area contributed by atoms with Crippen LogP contribution in [-0.2, 0) is 4.74 Å². The Bertz CT molecular complexity index is 1450. The summed E-state index contributed by atoms with van der Waals surface area (Å²) in [5, 5.41) is 9.92. The second kappa shape index (κ2) is 11.6. The Labute approximate surface area is 237 Å². The third-order valence-electron chi connectivity index (χ3n) is 6.30. The predicted octanol–water partition coefficient (Wildman–Crippen LogP) is 4.71. The highest BCUT2D eigenvalue weighted by atomic mass is 32.1. The van der Waals surface area contributed by atoms with Crippen molar-refractivity contribution in [1.82, 2.24) is 15.6 Å². The molecule has 2 aliphatic rings. The summed E-state index contributed by atoms with van der Waals surface area (Å²) in [6.07, 6.45) is 1.55. The van der Waals surface area contributed by atoms with Crippen LogP contribution in [0.15, 0.2) is 66.9 Å². The van der Waals surface area contributed by atoms with E-state index < -0.39 is 0 Å². The molecule has 2 atom stereocenters. The molecular formula is C26H27N5O4S3. The quantitative estimate of drug-likeness (QED) is 0.311. The minimum absolute atomic E-state index is 0. The van der Waals surface area contributed by atoms with E-state index in [1.165, 1.54) is 11.3 Å². The molecule has 0 unspecified atom stereocenters. The maximum atomic E-state index is 13.3. The van der Waals surface area contributed by atoms with Crippen LogP contribution < -0.4 is 25.6 Å². The van der Waals surface area contributed by atoms with Crippen LogP contribution >= 0.6 is 38.3 Å². The van der Waals surface area contributed by atoms with Crippen molar-refractivity contribution < 1.29 is 19.1 Å². The number of hydrogen-bond acceptors (Lipinski definition) is 7. The summed E-state index contributed by atoms with van der Waals surface area (Å²) in [7, 11) is 1.63. The molecule has 1 saturated heterocycles. The number of nitrogens with zero attached hydrogens (tertiary/aromatic N) is 2. The largest absolute Gasteiger partial charge is 0.457 e. The number of aromatic nitrogens is 1. The van der Waals surface area contributed by atoms with E-state index in [0.29, 0.717) is 45.6 Å². The molecule has 2 aromatic carbocycles. The Hall–Kier alpha value is -3.29. The summed E-state index contributed by atoms with van der Waals surface area (Å²) in [5.41, 5.74) is 1.83. The molecule has 2 aliphatic heterocycles. The topological polar surface area (TPSA) is 105 Å². The summed E-state index contributed by atoms with van der Waals surface area (Å²) in [6.45, 7) is 1.30. The van der Waals surface area contributed by atoms with Crippen LogP contribution in [0.3, 0.4) is 0 Å². The Morgan fingerprint density at radius 3 is 2.53 bits per heavy atom. The lowest BCUT2D eigenvalue weighted by molar-refractivity contribution is 0.0783. The Kier molecular flexibility index (Phi) is 8.48. The summed E-state index contributed by atoms with van der Waals surface area (Å²) in [5.74, 6) is 1.13. The SMILES string of the molecule is CO[C@H]1CNC[C@@H]1NC(=O)c1sc2nccc3c2c1NC(=O)N3c1ccc(Oc2ccccc2)cc1.S.S. The second-order valence-electron chi connectivity index (χ2n) is 8.50. The summed E-state index contributed by atoms with van der Waals surface area (Å²) in [4.78, 5) is 33.6. The van der Waals surface area contributed by atoms with Crippen molar-refractivity contribution in [2.75, 3.05) is 30.4 Å². The van der Waals surface area contributed by atoms with Gasteiger partial charge in [0.05, 0.1) is 34.6 Å². The van der Waals surface area contributed by atoms with E-state index in [4.69, 9.17) is 9.47 Å². The molecule has 0 bridgehead atoms. The zero-order chi connectivity index (χ0) is 24.6. The van der Waals surface area contributed by atoms with E-state index >= 15 is 0 Å². The average molecular weight is 570 g/mol. The molecule has 3 N–H and O–H groups in total. The molecular weight excluding hydrogens is 543 g/mol. The van der Waals surface area contributed by atoms with Crippen molar-refractivity contribution in [3.8, 4) is 11.5 Å². The van der Waals surface area contributed by atoms with Gasteiger partial charge < -0.3 is 25.4 Å². The van der Waals surface area contributed by atoms with Crippen molar-refractivity contribution in [3.63, 3.8) is 0 Å². The van der Waals surface area contributed by atoms with Crippen molar-refractivity contribution in [1.29, 1.82) is 0 Å². The zero-order valence-electron chi connectivity index (χ0n) is 20.4. The van der Waals surface area contributed by atoms with Gasteiger partial charge in [0.2, 0.25) is 0 Å². The number of thiophene rings is 1. The van der Waals surface area contributed by atoms with Crippen LogP contribution in [0.5, 0.6) is 11.5 Å². The first kappa shape index (κ1) is 27.7. The van der Waals surface area contributed by atoms with Crippen molar-refractivity contribution >= 4 is 77.5 Å². The molecule has 6 rings (SSSR count). The van der Waals surface area contributed by atoms with Crippen LogP contribution in [0.25, 0.3) is 10.2 Å². The fourth-order valence-corrected chi connectivity index (χ4v) is 5.59. The van der Waals surface area contributed by atoms with Crippen LogP contribution in [0, 0.1) is 0 Å². The summed E-state index contributed by atoms with van der Waals surface area (Å²) >= 11 is 1.26. The monoisotopic (exact) mass is 569 g/mol. The maximum Gasteiger partial charge on any atom is 0.331 e. The first-order valence-electron chi connectivity index (χ1n) is 11.5. The fourth-order valence-electron chi connectivity index (χ4n) is 4.57. The molecule has 3 amide bonds. The Morgan fingerprint density at radius 2 is 1.79 bits per heavy atom. The number of anilines is 3. The molecule has 12 heteroatoms. The molecule has 2 aromatic heterocycles. The van der Waals surface area contributed by atoms with Crippen LogP contribution in [0.1, 0.15) is 9.67 Å². The number of urea groups is 1. The summed E-state index contributed by atoms with van der Waals surface area (Å²) < 4.78 is 11.3. The number of amides is 3. The zero-order valence-corrected chi connectivity index (χ0v) is 23.2. The van der Waals surface area contributed by atoms with Gasteiger partial charge in [-0.1, -0.05) is 18.2 Å². The first-order valence-corrected chi connectivity index (χ1v) is 12.3. The predicted molar refractivity (Wildman–Crippen MR) is 159 cm³/mol. The third kappa shape index (κ3) is 5.05. The number of nitrogens with one attached hydrogen (secondary N) is 3. The maximum absolute atomic E-state index is 13.3. The number of methoxy groups -OCH3 is 1. The highest BCUT2D eigenvalue weighted by Crippen LogP contribution is 2.45. The van der Waals surface area contributed by atoms with Crippen LogP contribution in [0.2, 0.25) is 0 Å². The van der Waals surface area contributed by atoms with Gasteiger partial charge in [-0.25, -0.2) is 9.78 Å². The van der Waals surface area contributed by atoms with E-state index in [1.54, 1.807) is 24.3 Å². The minimum Gasteiger partial charge on any atom is -0.457 e. The van der Waals surface area contributed by atoms with Gasteiger partial charge in [0.1, 0.15) is 21.2 Å². The van der Waals surface area contributed by atoms with Gasteiger partial charge in [-0.2, -0.15) is 27.0 Å². The molecule has 0 spiro atoms. The molecule has 198 valence electrons. The number of carbonyl (C=O) groups is 2. The molecule has 4 aromatic rings. The van der Waals surface area contributed by atoms with Crippen LogP contribution in [-0.4, -0.2) is 49.3 Å². The highest BCUT2D eigenvalue weighted by molar-refractivity contribution is 7.59. The fraction of sp³-hybridized carbons (Fsp3) is 0.192. The van der Waals surface area contributed by atoms with Gasteiger partial charge in [-0.3, -0.25) is 9.69 Å². The molecule has 0 radical (unpaired) electrons. The van der Waals surface area contributed by atoms with E-state index in [0.717, 1.165) is 11.1 Å². The van der Waals surface area contributed by atoms with E-state index in [-0.39, 0.29) is 51.1 Å². The molecule has 0 aliphatic carbocycles. The number of pyridine rings is 1. The molecule has 4 heterocycles. The van der Waals surface area contributed by atoms with Gasteiger partial charge in [-0.15, -0.1) is 11.3 Å². The number of benzene rings is 2. The lowest BCUT2D eigenvalue weighted by Gasteiger charge is -2.28. The standard InChI is InChI=1S/C26H23N5O4S.2H2S/c1-34-20-14-27-13-18(20)29-24(32)23-22-21-19(11-12-28-25(21)36-23)31(26(33)30-22)15-7-9-17(10-8-15)35-16-5-3-2-4-6-16;;/h2-12,18,20,27H,13-14H2,1H3,(H,29,32)(H,30,33);2*1H2/t18-,20-;;/m0../s1. The molecule has 0 saturated carbocycles. The number of para-hydroxylation sites is 1. The third-order valence-corrected chi connectivity index (χ3v) is 7.40. The van der Waals surface area contributed by atoms with E-state index in [9.17, 15) is 9.59 Å². The number of rotatable bonds is 6. The number of carbonyl (C=O) groups excluding carboxylic acids is 2. The lowest BCUT2D eigenvalue weighted by atomic mass is 10.1. The van der Waals surface area contributed by atoms with Gasteiger partial charge in [0.15, 0.2) is 0 Å². The average Bonchev–Trinajstić information content (AvgIpc) is 3.50. The van der Waals surface area contributed by atoms with Crippen LogP contribution in [0.4, 0.5) is 21.9 Å². The Morgan fingerprint density at radius 1 is 1.05 bits per heavy atom. The lowest BCUT2D eigenvalue weighted by Crippen LogP contribution is -2.43. The van der Waals surface area contributed by atoms with Gasteiger partial charge in [0, 0.05) is 26.4 Å². The summed E-state index contributed by atoms with van der Waals surface area (Å²) in [6, 6.07) is 18.1. The molecule has 9 nitrogen and oxygen atoms in total. The second-order valence-corrected chi connectivity index (χ2v) is 9.50. The van der Waals surface area contributed by atoms with Gasteiger partial charge in [0.25, 0.3) is 5.91 Å². The number of hydrogen-bond donors (Lipinski definition) is 3. The Balaban J connectivity index is 0.00000168.